The Morgan fingerprint density at radius 3 is 1.63 bits per heavy atom. The van der Waals surface area contributed by atoms with Crippen molar-refractivity contribution in [2.24, 2.45) is 35.5 Å². The number of fused-ring (bicyclic) bond motifs is 8. The fourth-order valence-electron chi connectivity index (χ4n) is 15.9. The lowest BCUT2D eigenvalue weighted by molar-refractivity contribution is -0.0399. The molecule has 5 saturated carbocycles. The van der Waals surface area contributed by atoms with E-state index in [4.69, 9.17) is 6.58 Å². The molecule has 0 heterocycles. The molecule has 6 heteroatoms. The van der Waals surface area contributed by atoms with Crippen molar-refractivity contribution in [2.45, 2.75) is 82.5 Å². The van der Waals surface area contributed by atoms with Crippen LogP contribution in [0.3, 0.4) is 0 Å². The van der Waals surface area contributed by atoms with Crippen molar-refractivity contribution in [1.29, 1.82) is 0 Å². The summed E-state index contributed by atoms with van der Waals surface area (Å²) in [6.07, 6.45) is 11.8. The second-order valence-corrected chi connectivity index (χ2v) is 21.3. The highest BCUT2D eigenvalue weighted by atomic mass is 15.1. The number of benzene rings is 6. The van der Waals surface area contributed by atoms with Crippen LogP contribution in [-0.2, 0) is 10.8 Å². The van der Waals surface area contributed by atoms with Gasteiger partial charge in [0.15, 0.2) is 0 Å². The summed E-state index contributed by atoms with van der Waals surface area (Å²) < 4.78 is 0. The first-order valence-electron chi connectivity index (χ1n) is 24.7. The molecule has 6 aromatic carbocycles. The molecule has 2 spiro atoms. The molecular formula is C57H60B5N. The van der Waals surface area contributed by atoms with Gasteiger partial charge in [0, 0.05) is 27.9 Å². The zero-order valence-corrected chi connectivity index (χ0v) is 38.9. The quantitative estimate of drug-likeness (QED) is 0.137. The Labute approximate surface area is 381 Å². The first-order chi connectivity index (χ1) is 30.6. The van der Waals surface area contributed by atoms with Gasteiger partial charge in [0.2, 0.25) is 0 Å². The summed E-state index contributed by atoms with van der Waals surface area (Å²) in [5.74, 6) is 4.48. The van der Waals surface area contributed by atoms with Crippen molar-refractivity contribution < 1.29 is 0 Å². The van der Waals surface area contributed by atoms with E-state index in [0.29, 0.717) is 11.8 Å². The van der Waals surface area contributed by atoms with Crippen molar-refractivity contribution in [3.8, 4) is 33.4 Å². The van der Waals surface area contributed by atoms with Crippen LogP contribution >= 0.6 is 0 Å². The highest BCUT2D eigenvalue weighted by Gasteiger charge is 2.61. The Morgan fingerprint density at radius 1 is 0.524 bits per heavy atom. The molecule has 13 rings (SSSR count). The van der Waals surface area contributed by atoms with Crippen molar-refractivity contribution in [3.05, 3.63) is 144 Å². The molecule has 5 fully saturated rings. The van der Waals surface area contributed by atoms with Crippen molar-refractivity contribution in [3.63, 3.8) is 0 Å². The molecule has 308 valence electrons. The molecule has 0 aromatic heterocycles. The third kappa shape index (κ3) is 5.30. The van der Waals surface area contributed by atoms with Crippen LogP contribution in [0, 0.1) is 35.5 Å². The minimum Gasteiger partial charge on any atom is -0.310 e. The van der Waals surface area contributed by atoms with Crippen LogP contribution in [-0.4, -0.2) is 39.2 Å². The Hall–Kier alpha value is -4.82. The number of rotatable bonds is 6. The number of hydrogen-bond donors (Lipinski definition) is 0. The van der Waals surface area contributed by atoms with Gasteiger partial charge in [-0.15, -0.1) is 16.4 Å². The average molecular weight is 813 g/mol. The second-order valence-electron chi connectivity index (χ2n) is 21.3. The van der Waals surface area contributed by atoms with Crippen molar-refractivity contribution in [1.82, 2.24) is 0 Å². The van der Waals surface area contributed by atoms with E-state index in [1.165, 1.54) is 139 Å². The molecule has 7 aliphatic carbocycles. The van der Waals surface area contributed by atoms with Gasteiger partial charge in [-0.05, 0) is 172 Å². The number of allylic oxidation sites excluding steroid dienone is 1. The molecule has 1 nitrogen and oxygen atoms in total. The van der Waals surface area contributed by atoms with Gasteiger partial charge in [-0.3, -0.25) is 0 Å². The number of hydrogen-bond acceptors (Lipinski definition) is 1. The van der Waals surface area contributed by atoms with Crippen LogP contribution in [0.5, 0.6) is 0 Å². The molecule has 7 aliphatic rings. The lowest BCUT2D eigenvalue weighted by Gasteiger charge is -2.61. The molecule has 3 unspecified atom stereocenters. The average Bonchev–Trinajstić information content (AvgIpc) is 3.76. The standard InChI is InChI=1S/C57H60B5N/c1-4-32-22-31(3)56(36(5-2)24-32)46-12-8-6-10-42(46)44-20-18-40(29-48(44)56)63(39-16-14-35(15-17-39)50-51(58)53(60)55(62)54(61)52(50)59)41-19-21-45-43-11-7-9-13-47(43)57(49(45)30-41)37-25-33-23-34(27-37)28-38(57)26-33/h6-21,29-30,32-34,36-38H,3-5,22-28,58-62H2,1-2H3. The summed E-state index contributed by atoms with van der Waals surface area (Å²) in [5.41, 5.74) is 26.7. The summed E-state index contributed by atoms with van der Waals surface area (Å²) in [5, 5.41) is 0. The predicted octanol–water partition coefficient (Wildman–Crippen LogP) is 6.51. The summed E-state index contributed by atoms with van der Waals surface area (Å²) in [4.78, 5) is 2.63. The second kappa shape index (κ2) is 14.3. The molecule has 63 heavy (non-hydrogen) atoms. The van der Waals surface area contributed by atoms with Gasteiger partial charge in [0.05, 0.1) is 0 Å². The van der Waals surface area contributed by atoms with Gasteiger partial charge < -0.3 is 4.90 Å². The molecule has 0 N–H and O–H groups in total. The molecule has 6 aromatic rings. The van der Waals surface area contributed by atoms with E-state index in [1.54, 1.807) is 11.1 Å². The maximum Gasteiger partial charge on any atom is 0.139 e. The Kier molecular flexibility index (Phi) is 9.05. The minimum absolute atomic E-state index is 0.106. The van der Waals surface area contributed by atoms with Crippen molar-refractivity contribution >= 4 is 83.6 Å². The van der Waals surface area contributed by atoms with Gasteiger partial charge in [-0.2, -0.15) is 0 Å². The van der Waals surface area contributed by atoms with Gasteiger partial charge >= 0.3 is 0 Å². The van der Waals surface area contributed by atoms with E-state index in [-0.39, 0.29) is 10.8 Å². The maximum absolute atomic E-state index is 5.03. The van der Waals surface area contributed by atoms with Crippen LogP contribution in [0.1, 0.15) is 93.9 Å². The van der Waals surface area contributed by atoms with Crippen LogP contribution in [0.25, 0.3) is 33.4 Å². The monoisotopic (exact) mass is 814 g/mol. The first kappa shape index (κ1) is 39.8. The van der Waals surface area contributed by atoms with Crippen molar-refractivity contribution in [2.75, 3.05) is 4.90 Å². The fraction of sp³-hybridized carbons (Fsp3) is 0.333. The highest BCUT2D eigenvalue weighted by Crippen LogP contribution is 2.70. The zero-order chi connectivity index (χ0) is 43.1. The first-order valence-corrected chi connectivity index (χ1v) is 24.7. The SMILES string of the molecule is Bc1c(B)c(B)c(-c2ccc(N(c3ccc4c(c3)C3(C(=C)CC(CC)CC3CC)c3ccccc3-4)c3ccc4c(c3)C3(c5ccccc5-4)C4CC5CC(C4)CC3C5)cc2)c(B)c1B. The third-order valence-electron chi connectivity index (χ3n) is 18.9. The Balaban J connectivity index is 1.07. The Bertz CT molecular complexity index is 2840. The molecule has 0 saturated heterocycles. The maximum atomic E-state index is 5.03. The summed E-state index contributed by atoms with van der Waals surface area (Å²) >= 11 is 0. The van der Waals surface area contributed by atoms with E-state index < -0.39 is 0 Å². The van der Waals surface area contributed by atoms with Crippen LogP contribution < -0.4 is 32.2 Å². The molecule has 0 amide bonds. The van der Waals surface area contributed by atoms with Gasteiger partial charge in [-0.25, -0.2) is 0 Å². The third-order valence-corrected chi connectivity index (χ3v) is 18.9. The minimum atomic E-state index is -0.182. The lowest BCUT2D eigenvalue weighted by atomic mass is 9.43. The van der Waals surface area contributed by atoms with E-state index in [9.17, 15) is 0 Å². The highest BCUT2D eigenvalue weighted by molar-refractivity contribution is 6.68. The molecule has 3 atom stereocenters. The smallest absolute Gasteiger partial charge is 0.139 e. The van der Waals surface area contributed by atoms with E-state index in [1.807, 2.05) is 0 Å². The topological polar surface area (TPSA) is 3.24 Å². The molecule has 0 radical (unpaired) electrons. The fourth-order valence-corrected chi connectivity index (χ4v) is 15.9. The van der Waals surface area contributed by atoms with Crippen LogP contribution in [0.2, 0.25) is 0 Å². The lowest BCUT2D eigenvalue weighted by Crippen LogP contribution is -2.55. The van der Waals surface area contributed by atoms with E-state index >= 15 is 0 Å². The molecule has 4 bridgehead atoms. The van der Waals surface area contributed by atoms with Crippen LogP contribution in [0.4, 0.5) is 17.1 Å². The number of nitrogens with zero attached hydrogens (tertiary/aromatic N) is 1. The van der Waals surface area contributed by atoms with Gasteiger partial charge in [0.25, 0.3) is 0 Å². The van der Waals surface area contributed by atoms with E-state index in [0.717, 1.165) is 36.5 Å². The Morgan fingerprint density at radius 2 is 1.03 bits per heavy atom. The summed E-state index contributed by atoms with van der Waals surface area (Å²) in [6, 6.07) is 43.7. The van der Waals surface area contributed by atoms with Gasteiger partial charge in [-0.1, -0.05) is 123 Å². The molecule has 0 aliphatic heterocycles. The van der Waals surface area contributed by atoms with E-state index in [2.05, 4.69) is 167 Å². The largest absolute Gasteiger partial charge is 0.310 e. The van der Waals surface area contributed by atoms with Crippen LogP contribution in [0.15, 0.2) is 121 Å². The number of anilines is 3. The zero-order valence-electron chi connectivity index (χ0n) is 38.9. The summed E-state index contributed by atoms with van der Waals surface area (Å²) in [6.45, 7) is 9.85. The summed E-state index contributed by atoms with van der Waals surface area (Å²) in [7, 11) is 11.5. The normalized spacial score (nSPS) is 28.0. The molecular weight excluding hydrogens is 753 g/mol. The predicted molar refractivity (Wildman–Crippen MR) is 283 cm³/mol. The van der Waals surface area contributed by atoms with Gasteiger partial charge in [0.1, 0.15) is 39.2 Å².